The van der Waals surface area contributed by atoms with Gasteiger partial charge < -0.3 is 20.1 Å². The number of rotatable bonds is 6. The van der Waals surface area contributed by atoms with Gasteiger partial charge in [-0.3, -0.25) is 0 Å². The van der Waals surface area contributed by atoms with E-state index >= 15 is 0 Å². The monoisotopic (exact) mass is 190 g/mol. The summed E-state index contributed by atoms with van der Waals surface area (Å²) in [7, 11) is 0. The van der Waals surface area contributed by atoms with E-state index in [-0.39, 0.29) is 6.61 Å². The summed E-state index contributed by atoms with van der Waals surface area (Å²) >= 11 is 0. The van der Waals surface area contributed by atoms with Gasteiger partial charge in [-0.15, -0.1) is 0 Å². The van der Waals surface area contributed by atoms with Gasteiger partial charge in [0.2, 0.25) is 0 Å². The molecular weight excluding hydrogens is 176 g/mol. The fourth-order valence-electron chi connectivity index (χ4n) is 0.570. The molecule has 0 aliphatic rings. The molecule has 0 radical (unpaired) electrons. The lowest BCUT2D eigenvalue weighted by atomic mass is 9.93. The Kier molecular flexibility index (Phi) is 5.29. The summed E-state index contributed by atoms with van der Waals surface area (Å²) in [5, 5.41) is 26.5. The van der Waals surface area contributed by atoms with Gasteiger partial charge in [-0.2, -0.15) is 0 Å². The first kappa shape index (κ1) is 12.1. The average molecular weight is 190 g/mol. The van der Waals surface area contributed by atoms with Gasteiger partial charge in [0.15, 0.2) is 0 Å². The molecule has 0 aliphatic carbocycles. The first-order valence-electron chi connectivity index (χ1n) is 3.76. The molecule has 0 amide bonds. The minimum absolute atomic E-state index is 0.235. The van der Waals surface area contributed by atoms with Crippen molar-refractivity contribution in [2.24, 2.45) is 5.41 Å². The highest BCUT2D eigenvalue weighted by atomic mass is 16.5. The van der Waals surface area contributed by atoms with E-state index < -0.39 is 31.2 Å². The van der Waals surface area contributed by atoms with E-state index in [0.717, 1.165) is 6.08 Å². The Morgan fingerprint density at radius 1 is 1.31 bits per heavy atom. The first-order chi connectivity index (χ1) is 6.14. The molecule has 0 aromatic carbocycles. The zero-order chi connectivity index (χ0) is 10.3. The van der Waals surface area contributed by atoms with Crippen molar-refractivity contribution in [1.82, 2.24) is 0 Å². The van der Waals surface area contributed by atoms with Crippen LogP contribution in [0, 0.1) is 5.41 Å². The van der Waals surface area contributed by atoms with Crippen LogP contribution in [0.3, 0.4) is 0 Å². The maximum atomic E-state index is 10.6. The Balaban J connectivity index is 4.09. The second-order valence-electron chi connectivity index (χ2n) is 2.79. The fourth-order valence-corrected chi connectivity index (χ4v) is 0.570. The third-order valence-corrected chi connectivity index (χ3v) is 1.69. The number of hydrogen-bond donors (Lipinski definition) is 3. The highest BCUT2D eigenvalue weighted by molar-refractivity contribution is 5.81. The van der Waals surface area contributed by atoms with Crippen LogP contribution in [0.25, 0.3) is 0 Å². The Bertz CT molecular complexity index is 165. The molecule has 0 rings (SSSR count). The highest BCUT2D eigenvalue weighted by Gasteiger charge is 2.29. The minimum Gasteiger partial charge on any atom is -0.462 e. The maximum absolute atomic E-state index is 10.6. The number of carbonyl (C=O) groups is 1. The molecule has 5 heteroatoms. The number of hydrogen-bond acceptors (Lipinski definition) is 5. The SMILES string of the molecule is C=CC(=O)OCC(CO)(CO)CO. The molecule has 76 valence electrons. The molecule has 3 N–H and O–H groups in total. The third kappa shape index (κ3) is 3.54. The quantitative estimate of drug-likeness (QED) is 0.357. The van der Waals surface area contributed by atoms with Crippen molar-refractivity contribution in [2.75, 3.05) is 26.4 Å². The molecule has 0 heterocycles. The highest BCUT2D eigenvalue weighted by Crippen LogP contribution is 2.14. The predicted molar refractivity (Wildman–Crippen MR) is 44.8 cm³/mol. The largest absolute Gasteiger partial charge is 0.462 e. The van der Waals surface area contributed by atoms with Crippen LogP contribution in [0.4, 0.5) is 0 Å². The second-order valence-corrected chi connectivity index (χ2v) is 2.79. The molecule has 0 aromatic rings. The predicted octanol–water partition coefficient (Wildman–Crippen LogP) is -1.32. The van der Waals surface area contributed by atoms with Crippen LogP contribution in [0.15, 0.2) is 12.7 Å². The molecule has 0 aliphatic heterocycles. The Hall–Kier alpha value is -0.910. The maximum Gasteiger partial charge on any atom is 0.330 e. The van der Waals surface area contributed by atoms with Crippen LogP contribution in [-0.2, 0) is 9.53 Å². The number of carbonyl (C=O) groups excluding carboxylic acids is 1. The van der Waals surface area contributed by atoms with Crippen LogP contribution < -0.4 is 0 Å². The molecule has 0 spiro atoms. The van der Waals surface area contributed by atoms with E-state index in [0.29, 0.717) is 0 Å². The molecule has 0 unspecified atom stereocenters. The summed E-state index contributed by atoms with van der Waals surface area (Å²) < 4.78 is 4.59. The van der Waals surface area contributed by atoms with Crippen molar-refractivity contribution >= 4 is 5.97 Å². The van der Waals surface area contributed by atoms with Gasteiger partial charge in [0.25, 0.3) is 0 Å². The third-order valence-electron chi connectivity index (χ3n) is 1.69. The van der Waals surface area contributed by atoms with Gasteiger partial charge in [-0.1, -0.05) is 6.58 Å². The second kappa shape index (κ2) is 5.69. The van der Waals surface area contributed by atoms with E-state index in [1.54, 1.807) is 0 Å². The summed E-state index contributed by atoms with van der Waals surface area (Å²) in [5.74, 6) is -0.653. The van der Waals surface area contributed by atoms with Gasteiger partial charge >= 0.3 is 5.97 Å². The van der Waals surface area contributed by atoms with Gasteiger partial charge in [-0.05, 0) is 0 Å². The van der Waals surface area contributed by atoms with E-state index in [1.165, 1.54) is 0 Å². The van der Waals surface area contributed by atoms with Crippen LogP contribution in [0.2, 0.25) is 0 Å². The smallest absolute Gasteiger partial charge is 0.330 e. The Morgan fingerprint density at radius 3 is 2.08 bits per heavy atom. The zero-order valence-corrected chi connectivity index (χ0v) is 7.27. The molecule has 5 nitrogen and oxygen atoms in total. The first-order valence-corrected chi connectivity index (χ1v) is 3.76. The van der Waals surface area contributed by atoms with Gasteiger partial charge in [0, 0.05) is 6.08 Å². The van der Waals surface area contributed by atoms with E-state index in [2.05, 4.69) is 11.3 Å². The van der Waals surface area contributed by atoms with Gasteiger partial charge in [0.1, 0.15) is 6.61 Å². The molecule has 0 bridgehead atoms. The van der Waals surface area contributed by atoms with Crippen LogP contribution in [0.5, 0.6) is 0 Å². The van der Waals surface area contributed by atoms with E-state index in [1.807, 2.05) is 0 Å². The summed E-state index contributed by atoms with van der Waals surface area (Å²) in [5.41, 5.74) is -1.17. The average Bonchev–Trinajstić information content (AvgIpc) is 2.20. The van der Waals surface area contributed by atoms with E-state index in [4.69, 9.17) is 15.3 Å². The van der Waals surface area contributed by atoms with Gasteiger partial charge in [-0.25, -0.2) is 4.79 Å². The van der Waals surface area contributed by atoms with Crippen LogP contribution in [-0.4, -0.2) is 47.7 Å². The van der Waals surface area contributed by atoms with Crippen molar-refractivity contribution in [1.29, 1.82) is 0 Å². The van der Waals surface area contributed by atoms with Crippen molar-refractivity contribution < 1.29 is 24.9 Å². The number of aliphatic hydroxyl groups is 3. The number of aliphatic hydroxyl groups excluding tert-OH is 3. The molecule has 0 fully saturated rings. The van der Waals surface area contributed by atoms with Crippen LogP contribution in [0.1, 0.15) is 0 Å². The van der Waals surface area contributed by atoms with Crippen molar-refractivity contribution in [3.8, 4) is 0 Å². The standard InChI is InChI=1S/C8H14O5/c1-2-7(12)13-6-8(3-9,4-10)5-11/h2,9-11H,1,3-6H2. The summed E-state index contributed by atoms with van der Waals surface area (Å²) in [6.45, 7) is 1.58. The Labute approximate surface area is 76.3 Å². The number of ether oxygens (including phenoxy) is 1. The van der Waals surface area contributed by atoms with Crippen molar-refractivity contribution in [3.63, 3.8) is 0 Å². The summed E-state index contributed by atoms with van der Waals surface area (Å²) in [4.78, 5) is 10.6. The summed E-state index contributed by atoms with van der Waals surface area (Å²) in [6, 6.07) is 0. The topological polar surface area (TPSA) is 87.0 Å². The van der Waals surface area contributed by atoms with Crippen LogP contribution >= 0.6 is 0 Å². The minimum atomic E-state index is -1.17. The lowest BCUT2D eigenvalue weighted by molar-refractivity contribution is -0.145. The summed E-state index contributed by atoms with van der Waals surface area (Å²) in [6.07, 6.45) is 0.969. The van der Waals surface area contributed by atoms with Crippen molar-refractivity contribution in [2.45, 2.75) is 0 Å². The molecule has 0 aromatic heterocycles. The molecule has 0 saturated carbocycles. The number of esters is 1. The molecule has 13 heavy (non-hydrogen) atoms. The molecule has 0 saturated heterocycles. The normalized spacial score (nSPS) is 11.0. The Morgan fingerprint density at radius 2 is 1.77 bits per heavy atom. The molecule has 0 atom stereocenters. The van der Waals surface area contributed by atoms with Crippen molar-refractivity contribution in [3.05, 3.63) is 12.7 Å². The molecular formula is C8H14O5. The van der Waals surface area contributed by atoms with E-state index in [9.17, 15) is 4.79 Å². The lowest BCUT2D eigenvalue weighted by Gasteiger charge is -2.26. The zero-order valence-electron chi connectivity index (χ0n) is 7.27. The lowest BCUT2D eigenvalue weighted by Crippen LogP contribution is -2.39. The van der Waals surface area contributed by atoms with Gasteiger partial charge in [0.05, 0.1) is 25.2 Å². The fraction of sp³-hybridized carbons (Fsp3) is 0.625.